The molecule has 4 aromatic rings. The monoisotopic (exact) mass is 376 g/mol. The summed E-state index contributed by atoms with van der Waals surface area (Å²) in [6, 6.07) is 12.4. The first-order chi connectivity index (χ1) is 13.6. The number of hydrogen-bond acceptors (Lipinski definition) is 2. The van der Waals surface area contributed by atoms with Gasteiger partial charge in [-0.15, -0.1) is 0 Å². The van der Waals surface area contributed by atoms with E-state index in [1.807, 2.05) is 38.1 Å². The van der Waals surface area contributed by atoms with Gasteiger partial charge < -0.3 is 10.3 Å². The van der Waals surface area contributed by atoms with E-state index in [4.69, 9.17) is 0 Å². The molecule has 0 fully saturated rings. The quantitative estimate of drug-likeness (QED) is 0.551. The van der Waals surface area contributed by atoms with Crippen molar-refractivity contribution >= 4 is 16.8 Å². The van der Waals surface area contributed by atoms with Crippen LogP contribution < -0.4 is 5.32 Å². The molecular formula is C22H21FN4O. The molecule has 0 bridgehead atoms. The molecule has 2 heterocycles. The minimum atomic E-state index is -0.257. The third-order valence-corrected chi connectivity index (χ3v) is 4.99. The summed E-state index contributed by atoms with van der Waals surface area (Å²) in [5.41, 5.74) is 4.80. The third kappa shape index (κ3) is 3.17. The van der Waals surface area contributed by atoms with Crippen molar-refractivity contribution in [3.05, 3.63) is 83.1 Å². The molecule has 0 saturated heterocycles. The number of carbonyl (C=O) groups is 1. The highest BCUT2D eigenvalue weighted by Gasteiger charge is 2.15. The van der Waals surface area contributed by atoms with Crippen molar-refractivity contribution in [2.75, 3.05) is 6.54 Å². The predicted octanol–water partition coefficient (Wildman–Crippen LogP) is 4.08. The van der Waals surface area contributed by atoms with Crippen molar-refractivity contribution in [2.45, 2.75) is 20.3 Å². The smallest absolute Gasteiger partial charge is 0.253 e. The van der Waals surface area contributed by atoms with Gasteiger partial charge in [-0.25, -0.2) is 9.07 Å². The lowest BCUT2D eigenvalue weighted by Gasteiger charge is -2.10. The van der Waals surface area contributed by atoms with Crippen LogP contribution in [0.3, 0.4) is 0 Å². The zero-order chi connectivity index (χ0) is 19.7. The van der Waals surface area contributed by atoms with Crippen LogP contribution in [0.15, 0.2) is 54.9 Å². The van der Waals surface area contributed by atoms with Crippen LogP contribution >= 0.6 is 0 Å². The van der Waals surface area contributed by atoms with Gasteiger partial charge in [0.25, 0.3) is 5.91 Å². The molecule has 6 heteroatoms. The number of aromatic nitrogens is 3. The van der Waals surface area contributed by atoms with E-state index in [0.717, 1.165) is 27.9 Å². The highest BCUT2D eigenvalue weighted by Crippen LogP contribution is 2.27. The Bertz CT molecular complexity index is 1150. The zero-order valence-electron chi connectivity index (χ0n) is 15.8. The first-order valence-electron chi connectivity index (χ1n) is 9.19. The molecule has 0 saturated carbocycles. The number of aromatic amines is 1. The van der Waals surface area contributed by atoms with Gasteiger partial charge in [-0.2, -0.15) is 5.10 Å². The highest BCUT2D eigenvalue weighted by molar-refractivity contribution is 5.97. The summed E-state index contributed by atoms with van der Waals surface area (Å²) in [5.74, 6) is -0.418. The van der Waals surface area contributed by atoms with Crippen LogP contribution in [0.2, 0.25) is 0 Å². The normalized spacial score (nSPS) is 11.1. The second-order valence-corrected chi connectivity index (χ2v) is 6.82. The Balaban J connectivity index is 1.53. The van der Waals surface area contributed by atoms with Gasteiger partial charge in [0.05, 0.1) is 16.8 Å². The number of hydrogen-bond donors (Lipinski definition) is 2. The van der Waals surface area contributed by atoms with Gasteiger partial charge in [0.2, 0.25) is 0 Å². The standard InChI is InChI=1S/C22H21FN4O/c1-14-8-9-18(23)21-20(14)16(15(2)26-21)10-12-24-22(28)17-6-3-4-7-19(17)27-13-5-11-25-27/h3-9,11,13,26H,10,12H2,1-2H3,(H,24,28). The number of carbonyl (C=O) groups excluding carboxylic acids is 1. The second kappa shape index (κ2) is 7.31. The predicted molar refractivity (Wildman–Crippen MR) is 107 cm³/mol. The van der Waals surface area contributed by atoms with Crippen LogP contribution in [-0.2, 0) is 6.42 Å². The summed E-state index contributed by atoms with van der Waals surface area (Å²) in [6.07, 6.45) is 4.10. The number of nitrogens with zero attached hydrogens (tertiary/aromatic N) is 2. The maximum atomic E-state index is 14.1. The largest absolute Gasteiger partial charge is 0.356 e. The van der Waals surface area contributed by atoms with Crippen molar-refractivity contribution < 1.29 is 9.18 Å². The van der Waals surface area contributed by atoms with E-state index >= 15 is 0 Å². The number of rotatable bonds is 5. The molecule has 1 amide bonds. The fraction of sp³-hybridized carbons (Fsp3) is 0.182. The van der Waals surface area contributed by atoms with E-state index in [0.29, 0.717) is 24.0 Å². The third-order valence-electron chi connectivity index (χ3n) is 4.99. The van der Waals surface area contributed by atoms with Crippen molar-refractivity contribution in [1.29, 1.82) is 0 Å². The summed E-state index contributed by atoms with van der Waals surface area (Å²) in [6.45, 7) is 4.36. The molecule has 0 aliphatic carbocycles. The fourth-order valence-corrected chi connectivity index (χ4v) is 3.63. The molecule has 0 spiro atoms. The van der Waals surface area contributed by atoms with Gasteiger partial charge in [-0.1, -0.05) is 18.2 Å². The Labute approximate surface area is 162 Å². The Morgan fingerprint density at radius 1 is 1.18 bits per heavy atom. The number of benzene rings is 2. The van der Waals surface area contributed by atoms with E-state index in [1.165, 1.54) is 6.07 Å². The number of fused-ring (bicyclic) bond motifs is 1. The van der Waals surface area contributed by atoms with Crippen molar-refractivity contribution in [3.63, 3.8) is 0 Å². The van der Waals surface area contributed by atoms with Gasteiger partial charge in [-0.3, -0.25) is 4.79 Å². The maximum Gasteiger partial charge on any atom is 0.253 e. The van der Waals surface area contributed by atoms with Crippen molar-refractivity contribution in [1.82, 2.24) is 20.1 Å². The molecule has 4 rings (SSSR count). The molecule has 0 atom stereocenters. The van der Waals surface area contributed by atoms with E-state index in [-0.39, 0.29) is 11.7 Å². The average Bonchev–Trinajstić information content (AvgIpc) is 3.34. The highest BCUT2D eigenvalue weighted by atomic mass is 19.1. The van der Waals surface area contributed by atoms with Crippen LogP contribution in [0.25, 0.3) is 16.6 Å². The Morgan fingerprint density at radius 3 is 2.79 bits per heavy atom. The molecule has 2 aromatic carbocycles. The summed E-state index contributed by atoms with van der Waals surface area (Å²) in [7, 11) is 0. The van der Waals surface area contributed by atoms with Gasteiger partial charge in [0.15, 0.2) is 0 Å². The molecule has 0 aliphatic rings. The molecule has 0 aliphatic heterocycles. The van der Waals surface area contributed by atoms with Crippen LogP contribution in [0.4, 0.5) is 4.39 Å². The van der Waals surface area contributed by atoms with Gasteiger partial charge in [-0.05, 0) is 55.7 Å². The molecule has 28 heavy (non-hydrogen) atoms. The molecule has 0 radical (unpaired) electrons. The molecule has 0 unspecified atom stereocenters. The van der Waals surface area contributed by atoms with Crippen LogP contribution in [0, 0.1) is 19.7 Å². The number of halogens is 1. The maximum absolute atomic E-state index is 14.1. The number of aryl methyl sites for hydroxylation is 2. The number of para-hydroxylation sites is 1. The molecular weight excluding hydrogens is 355 g/mol. The summed E-state index contributed by atoms with van der Waals surface area (Å²) in [4.78, 5) is 15.9. The Kier molecular flexibility index (Phi) is 4.69. The first kappa shape index (κ1) is 18.0. The SMILES string of the molecule is Cc1[nH]c2c(F)ccc(C)c2c1CCNC(=O)c1ccccc1-n1cccn1. The fourth-order valence-electron chi connectivity index (χ4n) is 3.63. The van der Waals surface area contributed by atoms with Crippen LogP contribution in [0.5, 0.6) is 0 Å². The first-order valence-corrected chi connectivity index (χ1v) is 9.19. The van der Waals surface area contributed by atoms with Crippen LogP contribution in [-0.4, -0.2) is 27.2 Å². The lowest BCUT2D eigenvalue weighted by atomic mass is 10.0. The number of amides is 1. The minimum absolute atomic E-state index is 0.161. The molecule has 2 aromatic heterocycles. The van der Waals surface area contributed by atoms with E-state index in [2.05, 4.69) is 15.4 Å². The lowest BCUT2D eigenvalue weighted by molar-refractivity contribution is 0.0954. The van der Waals surface area contributed by atoms with Gasteiger partial charge >= 0.3 is 0 Å². The van der Waals surface area contributed by atoms with Gasteiger partial charge in [0, 0.05) is 30.0 Å². The number of H-pyrrole nitrogens is 1. The molecule has 142 valence electrons. The topological polar surface area (TPSA) is 62.7 Å². The van der Waals surface area contributed by atoms with E-state index in [1.54, 1.807) is 29.2 Å². The van der Waals surface area contributed by atoms with Crippen LogP contribution in [0.1, 0.15) is 27.2 Å². The van der Waals surface area contributed by atoms with Crippen molar-refractivity contribution in [2.24, 2.45) is 0 Å². The summed E-state index contributed by atoms with van der Waals surface area (Å²) >= 11 is 0. The summed E-state index contributed by atoms with van der Waals surface area (Å²) in [5, 5.41) is 8.10. The van der Waals surface area contributed by atoms with E-state index in [9.17, 15) is 9.18 Å². The Morgan fingerprint density at radius 2 is 2.00 bits per heavy atom. The minimum Gasteiger partial charge on any atom is -0.356 e. The molecule has 5 nitrogen and oxygen atoms in total. The lowest BCUT2D eigenvalue weighted by Crippen LogP contribution is -2.27. The summed E-state index contributed by atoms with van der Waals surface area (Å²) < 4.78 is 15.8. The van der Waals surface area contributed by atoms with Crippen molar-refractivity contribution in [3.8, 4) is 5.69 Å². The Hall–Kier alpha value is -3.41. The zero-order valence-corrected chi connectivity index (χ0v) is 15.8. The average molecular weight is 376 g/mol. The van der Waals surface area contributed by atoms with E-state index < -0.39 is 0 Å². The second-order valence-electron chi connectivity index (χ2n) is 6.82. The molecule has 2 N–H and O–H groups in total. The number of nitrogens with one attached hydrogen (secondary N) is 2. The van der Waals surface area contributed by atoms with Gasteiger partial charge in [0.1, 0.15) is 5.82 Å².